The number of rotatable bonds is 4. The quantitative estimate of drug-likeness (QED) is 0.907. The van der Waals surface area contributed by atoms with Crippen molar-refractivity contribution in [1.82, 2.24) is 4.90 Å². The van der Waals surface area contributed by atoms with E-state index in [9.17, 15) is 4.79 Å². The lowest BCUT2D eigenvalue weighted by atomic mass is 9.97. The normalized spacial score (nSPS) is 18.8. The van der Waals surface area contributed by atoms with E-state index in [0.29, 0.717) is 29.5 Å². The second kappa shape index (κ2) is 6.61. The van der Waals surface area contributed by atoms with Crippen LogP contribution in [0.3, 0.4) is 0 Å². The van der Waals surface area contributed by atoms with Gasteiger partial charge in [0.25, 0.3) is 5.91 Å². The molecule has 0 spiro atoms. The number of ether oxygens (including phenoxy) is 2. The minimum absolute atomic E-state index is 0.00246. The lowest BCUT2D eigenvalue weighted by molar-refractivity contribution is 0.0675. The third-order valence-electron chi connectivity index (χ3n) is 3.78. The zero-order valence-electron chi connectivity index (χ0n) is 12.1. The third-order valence-corrected chi connectivity index (χ3v) is 3.78. The van der Waals surface area contributed by atoms with Gasteiger partial charge < -0.3 is 20.1 Å². The van der Waals surface area contributed by atoms with E-state index in [-0.39, 0.29) is 5.91 Å². The van der Waals surface area contributed by atoms with Crippen molar-refractivity contribution in [3.63, 3.8) is 0 Å². The van der Waals surface area contributed by atoms with Crippen LogP contribution in [0.1, 0.15) is 23.2 Å². The molecule has 2 N–H and O–H groups in total. The molecule has 1 aromatic carbocycles. The fourth-order valence-electron chi connectivity index (χ4n) is 2.59. The van der Waals surface area contributed by atoms with Crippen LogP contribution in [-0.4, -0.2) is 44.7 Å². The van der Waals surface area contributed by atoms with Crippen LogP contribution in [-0.2, 0) is 0 Å². The molecule has 0 aromatic heterocycles. The number of piperidine rings is 1. The molecule has 110 valence electrons. The highest BCUT2D eigenvalue weighted by atomic mass is 16.5. The zero-order chi connectivity index (χ0) is 14.5. The summed E-state index contributed by atoms with van der Waals surface area (Å²) in [5.41, 5.74) is 6.29. The van der Waals surface area contributed by atoms with Crippen molar-refractivity contribution in [1.29, 1.82) is 0 Å². The SMILES string of the molecule is COc1ccc(C(=O)N2CCCC(CN)C2)c(OC)c1. The molecule has 1 unspecified atom stereocenters. The average Bonchev–Trinajstić information content (AvgIpc) is 2.53. The van der Waals surface area contributed by atoms with Gasteiger partial charge in [-0.1, -0.05) is 0 Å². The summed E-state index contributed by atoms with van der Waals surface area (Å²) in [6, 6.07) is 5.27. The number of hydrogen-bond donors (Lipinski definition) is 1. The average molecular weight is 278 g/mol. The van der Waals surface area contributed by atoms with Crippen LogP contribution in [0.5, 0.6) is 11.5 Å². The minimum atomic E-state index is 0.00246. The molecule has 1 aromatic rings. The molecule has 0 aliphatic carbocycles. The maximum atomic E-state index is 12.6. The van der Waals surface area contributed by atoms with Gasteiger partial charge in [-0.2, -0.15) is 0 Å². The second-order valence-electron chi connectivity index (χ2n) is 5.06. The van der Waals surface area contributed by atoms with E-state index >= 15 is 0 Å². The van der Waals surface area contributed by atoms with Crippen molar-refractivity contribution >= 4 is 5.91 Å². The number of amides is 1. The van der Waals surface area contributed by atoms with Crippen molar-refractivity contribution in [3.05, 3.63) is 23.8 Å². The maximum absolute atomic E-state index is 12.6. The van der Waals surface area contributed by atoms with Crippen LogP contribution in [0.15, 0.2) is 18.2 Å². The third kappa shape index (κ3) is 3.04. The fraction of sp³-hybridized carbons (Fsp3) is 0.533. The van der Waals surface area contributed by atoms with Gasteiger partial charge >= 0.3 is 0 Å². The van der Waals surface area contributed by atoms with Crippen LogP contribution < -0.4 is 15.2 Å². The van der Waals surface area contributed by atoms with Crippen LogP contribution in [0.2, 0.25) is 0 Å². The number of methoxy groups -OCH3 is 2. The van der Waals surface area contributed by atoms with Crippen LogP contribution in [0.4, 0.5) is 0 Å². The predicted molar refractivity (Wildman–Crippen MR) is 77.2 cm³/mol. The Morgan fingerprint density at radius 1 is 1.40 bits per heavy atom. The predicted octanol–water partition coefficient (Wildman–Crippen LogP) is 1.51. The van der Waals surface area contributed by atoms with Crippen molar-refractivity contribution in [3.8, 4) is 11.5 Å². The van der Waals surface area contributed by atoms with Gasteiger partial charge in [-0.05, 0) is 37.4 Å². The topological polar surface area (TPSA) is 64.8 Å². The molecule has 20 heavy (non-hydrogen) atoms. The number of nitrogens with two attached hydrogens (primary N) is 1. The van der Waals surface area contributed by atoms with Crippen LogP contribution in [0, 0.1) is 5.92 Å². The summed E-state index contributed by atoms with van der Waals surface area (Å²) in [6.45, 7) is 2.14. The van der Waals surface area contributed by atoms with Gasteiger partial charge in [0.05, 0.1) is 19.8 Å². The van der Waals surface area contributed by atoms with Crippen molar-refractivity contribution in [2.24, 2.45) is 11.7 Å². The molecule has 5 heteroatoms. The van der Waals surface area contributed by atoms with E-state index in [4.69, 9.17) is 15.2 Å². The Morgan fingerprint density at radius 3 is 2.85 bits per heavy atom. The molecule has 1 fully saturated rings. The monoisotopic (exact) mass is 278 g/mol. The van der Waals surface area contributed by atoms with E-state index in [0.717, 1.165) is 25.9 Å². The molecule has 1 heterocycles. The molecule has 1 atom stereocenters. The number of carbonyl (C=O) groups excluding carboxylic acids is 1. The van der Waals surface area contributed by atoms with Gasteiger partial charge in [0.15, 0.2) is 0 Å². The lowest BCUT2D eigenvalue weighted by Crippen LogP contribution is -2.42. The minimum Gasteiger partial charge on any atom is -0.497 e. The Morgan fingerprint density at radius 2 is 2.20 bits per heavy atom. The molecule has 0 saturated carbocycles. The van der Waals surface area contributed by atoms with Crippen molar-refractivity contribution in [2.75, 3.05) is 33.9 Å². The van der Waals surface area contributed by atoms with E-state index in [2.05, 4.69) is 0 Å². The first kappa shape index (κ1) is 14.7. The molecule has 1 aliphatic heterocycles. The summed E-state index contributed by atoms with van der Waals surface area (Å²) < 4.78 is 10.5. The second-order valence-corrected chi connectivity index (χ2v) is 5.06. The number of carbonyl (C=O) groups is 1. The Bertz CT molecular complexity index is 476. The molecule has 2 rings (SSSR count). The van der Waals surface area contributed by atoms with Gasteiger partial charge in [0, 0.05) is 19.2 Å². The molecule has 1 saturated heterocycles. The molecule has 0 bridgehead atoms. The van der Waals surface area contributed by atoms with E-state index in [1.165, 1.54) is 0 Å². The molecular weight excluding hydrogens is 256 g/mol. The first-order valence-corrected chi connectivity index (χ1v) is 6.91. The Labute approximate surface area is 119 Å². The number of hydrogen-bond acceptors (Lipinski definition) is 4. The Balaban J connectivity index is 2.19. The molecule has 0 radical (unpaired) electrons. The highest BCUT2D eigenvalue weighted by Crippen LogP contribution is 2.27. The standard InChI is InChI=1S/C15H22N2O3/c1-19-12-5-6-13(14(8-12)20-2)15(18)17-7-3-4-11(9-16)10-17/h5-6,8,11H,3-4,7,9-10,16H2,1-2H3. The van der Waals surface area contributed by atoms with Gasteiger partial charge in [-0.3, -0.25) is 4.79 Å². The van der Waals surface area contributed by atoms with Gasteiger partial charge in [0.1, 0.15) is 11.5 Å². The summed E-state index contributed by atoms with van der Waals surface area (Å²) >= 11 is 0. The highest BCUT2D eigenvalue weighted by Gasteiger charge is 2.25. The summed E-state index contributed by atoms with van der Waals surface area (Å²) in [5, 5.41) is 0. The smallest absolute Gasteiger partial charge is 0.257 e. The van der Waals surface area contributed by atoms with Crippen molar-refractivity contribution in [2.45, 2.75) is 12.8 Å². The van der Waals surface area contributed by atoms with E-state index in [1.54, 1.807) is 32.4 Å². The molecule has 1 amide bonds. The summed E-state index contributed by atoms with van der Waals surface area (Å²) in [7, 11) is 3.15. The molecular formula is C15H22N2O3. The van der Waals surface area contributed by atoms with Gasteiger partial charge in [-0.25, -0.2) is 0 Å². The van der Waals surface area contributed by atoms with E-state index < -0.39 is 0 Å². The number of nitrogens with zero attached hydrogens (tertiary/aromatic N) is 1. The van der Waals surface area contributed by atoms with Crippen LogP contribution >= 0.6 is 0 Å². The summed E-state index contributed by atoms with van der Waals surface area (Å²) in [5.74, 6) is 1.63. The van der Waals surface area contributed by atoms with E-state index in [1.807, 2.05) is 4.90 Å². The highest BCUT2D eigenvalue weighted by molar-refractivity contribution is 5.97. The molecule has 1 aliphatic rings. The largest absolute Gasteiger partial charge is 0.497 e. The zero-order valence-corrected chi connectivity index (χ0v) is 12.1. The van der Waals surface area contributed by atoms with Crippen molar-refractivity contribution < 1.29 is 14.3 Å². The van der Waals surface area contributed by atoms with Gasteiger partial charge in [0.2, 0.25) is 0 Å². The van der Waals surface area contributed by atoms with Gasteiger partial charge in [-0.15, -0.1) is 0 Å². The first-order chi connectivity index (χ1) is 9.69. The number of benzene rings is 1. The maximum Gasteiger partial charge on any atom is 0.257 e. The summed E-state index contributed by atoms with van der Waals surface area (Å²) in [4.78, 5) is 14.5. The van der Waals surface area contributed by atoms with Crippen LogP contribution in [0.25, 0.3) is 0 Å². The fourth-order valence-corrected chi connectivity index (χ4v) is 2.59. The molecule has 5 nitrogen and oxygen atoms in total. The first-order valence-electron chi connectivity index (χ1n) is 6.91. The number of likely N-dealkylation sites (tertiary alicyclic amines) is 1. The lowest BCUT2D eigenvalue weighted by Gasteiger charge is -2.32. The summed E-state index contributed by atoms with van der Waals surface area (Å²) in [6.07, 6.45) is 2.10. The Hall–Kier alpha value is -1.75. The Kier molecular flexibility index (Phi) is 4.84.